The molecule has 0 spiro atoms. The number of halogens is 2. The maximum absolute atomic E-state index is 12.8. The summed E-state index contributed by atoms with van der Waals surface area (Å²) in [6, 6.07) is 5.25. The van der Waals surface area contributed by atoms with Crippen molar-refractivity contribution in [2.24, 2.45) is 11.1 Å². The third-order valence-electron chi connectivity index (χ3n) is 5.40. The number of nitrogens with one attached hydrogen (secondary N) is 2. The summed E-state index contributed by atoms with van der Waals surface area (Å²) in [4.78, 5) is 22.3. The van der Waals surface area contributed by atoms with Crippen LogP contribution in [0.15, 0.2) is 23.0 Å². The van der Waals surface area contributed by atoms with E-state index in [-0.39, 0.29) is 11.0 Å². The topological polar surface area (TPSA) is 104 Å². The van der Waals surface area contributed by atoms with Crippen LogP contribution in [0.2, 0.25) is 10.0 Å². The number of hydrogen-bond donors (Lipinski definition) is 3. The van der Waals surface area contributed by atoms with E-state index < -0.39 is 0 Å². The Balaban J connectivity index is 1.73. The van der Waals surface area contributed by atoms with E-state index in [2.05, 4.69) is 32.0 Å². The zero-order valence-electron chi connectivity index (χ0n) is 14.9. The van der Waals surface area contributed by atoms with Crippen LogP contribution in [0.1, 0.15) is 19.8 Å². The molecule has 0 radical (unpaired) electrons. The second-order valence-electron chi connectivity index (χ2n) is 7.29. The van der Waals surface area contributed by atoms with Crippen LogP contribution in [-0.4, -0.2) is 39.8 Å². The highest BCUT2D eigenvalue weighted by molar-refractivity contribution is 6.43. The normalized spacial score (nSPS) is 16.8. The van der Waals surface area contributed by atoms with Gasteiger partial charge in [0.25, 0.3) is 5.56 Å². The summed E-state index contributed by atoms with van der Waals surface area (Å²) in [7, 11) is 0. The molecule has 1 saturated heterocycles. The van der Waals surface area contributed by atoms with Crippen LogP contribution in [0.25, 0.3) is 22.3 Å². The molecule has 0 bridgehead atoms. The van der Waals surface area contributed by atoms with E-state index in [1.807, 2.05) is 0 Å². The number of hydrogen-bond acceptors (Lipinski definition) is 5. The standard InChI is InChI=1S/C18H20Cl2N6O/c1-18(9-21)5-7-26(8-6-18)17-22-15-12(16(27)23-17)14(24-25-15)10-3-2-4-11(19)13(10)20/h2-4H,5-9,21H2,1H3,(H2,22,23,24,25,27). The lowest BCUT2D eigenvalue weighted by atomic mass is 9.81. The number of H-pyrrole nitrogens is 2. The highest BCUT2D eigenvalue weighted by Crippen LogP contribution is 2.35. The van der Waals surface area contributed by atoms with Gasteiger partial charge in [0.2, 0.25) is 5.95 Å². The number of nitrogens with two attached hydrogens (primary N) is 1. The van der Waals surface area contributed by atoms with Crippen molar-refractivity contribution in [3.63, 3.8) is 0 Å². The summed E-state index contributed by atoms with van der Waals surface area (Å²) in [6.45, 7) is 4.43. The summed E-state index contributed by atoms with van der Waals surface area (Å²) < 4.78 is 0. The predicted octanol–water partition coefficient (Wildman–Crippen LogP) is 3.19. The Kier molecular flexibility index (Phi) is 4.61. The van der Waals surface area contributed by atoms with Crippen molar-refractivity contribution in [3.05, 3.63) is 38.6 Å². The van der Waals surface area contributed by atoms with E-state index in [0.29, 0.717) is 44.8 Å². The van der Waals surface area contributed by atoms with Crippen LogP contribution < -0.4 is 16.2 Å². The quantitative estimate of drug-likeness (QED) is 0.619. The van der Waals surface area contributed by atoms with E-state index in [1.165, 1.54) is 0 Å². The van der Waals surface area contributed by atoms with Crippen LogP contribution in [-0.2, 0) is 0 Å². The number of aromatic amines is 2. The maximum atomic E-state index is 12.8. The Morgan fingerprint density at radius 2 is 2.04 bits per heavy atom. The van der Waals surface area contributed by atoms with Crippen LogP contribution in [0.5, 0.6) is 0 Å². The van der Waals surface area contributed by atoms with Gasteiger partial charge in [-0.1, -0.05) is 42.3 Å². The van der Waals surface area contributed by atoms with Gasteiger partial charge >= 0.3 is 0 Å². The van der Waals surface area contributed by atoms with E-state index in [0.717, 1.165) is 25.9 Å². The summed E-state index contributed by atoms with van der Waals surface area (Å²) in [5.41, 5.74) is 7.23. The molecule has 1 aromatic carbocycles. The first kappa shape index (κ1) is 18.3. The molecular weight excluding hydrogens is 387 g/mol. The van der Waals surface area contributed by atoms with Crippen molar-refractivity contribution in [3.8, 4) is 11.3 Å². The van der Waals surface area contributed by atoms with Gasteiger partial charge in [0.05, 0.1) is 15.7 Å². The summed E-state index contributed by atoms with van der Waals surface area (Å²) in [5, 5.41) is 8.25. The highest BCUT2D eigenvalue weighted by Gasteiger charge is 2.30. The van der Waals surface area contributed by atoms with Crippen molar-refractivity contribution in [2.45, 2.75) is 19.8 Å². The summed E-state index contributed by atoms with van der Waals surface area (Å²) >= 11 is 12.4. The Hall–Kier alpha value is -2.09. The lowest BCUT2D eigenvalue weighted by Gasteiger charge is -2.38. The van der Waals surface area contributed by atoms with Crippen LogP contribution in [0, 0.1) is 5.41 Å². The first-order chi connectivity index (χ1) is 12.9. The lowest BCUT2D eigenvalue weighted by molar-refractivity contribution is 0.257. The fourth-order valence-corrected chi connectivity index (χ4v) is 3.82. The Morgan fingerprint density at radius 3 is 2.74 bits per heavy atom. The van der Waals surface area contributed by atoms with Gasteiger partial charge in [0, 0.05) is 18.7 Å². The number of rotatable bonds is 3. The second kappa shape index (κ2) is 6.82. The fraction of sp³-hybridized carbons (Fsp3) is 0.389. The minimum absolute atomic E-state index is 0.143. The molecule has 3 aromatic rings. The smallest absolute Gasteiger partial charge is 0.264 e. The molecule has 0 aliphatic carbocycles. The highest BCUT2D eigenvalue weighted by atomic mass is 35.5. The largest absolute Gasteiger partial charge is 0.342 e. The van der Waals surface area contributed by atoms with Crippen molar-refractivity contribution in [2.75, 3.05) is 24.5 Å². The zero-order chi connectivity index (χ0) is 19.2. The average molecular weight is 407 g/mol. The van der Waals surface area contributed by atoms with Crippen LogP contribution in [0.3, 0.4) is 0 Å². The summed E-state index contributed by atoms with van der Waals surface area (Å²) in [5.74, 6) is 0.529. The van der Waals surface area contributed by atoms with Gasteiger partial charge in [0.1, 0.15) is 5.39 Å². The fourth-order valence-electron chi connectivity index (χ4n) is 3.42. The van der Waals surface area contributed by atoms with Crippen molar-refractivity contribution in [1.29, 1.82) is 0 Å². The molecular formula is C18H20Cl2N6O. The van der Waals surface area contributed by atoms with E-state index in [4.69, 9.17) is 28.9 Å². The molecule has 1 aliphatic rings. The maximum Gasteiger partial charge on any atom is 0.264 e. The molecule has 3 heterocycles. The van der Waals surface area contributed by atoms with Gasteiger partial charge in [-0.3, -0.25) is 14.9 Å². The Morgan fingerprint density at radius 1 is 1.30 bits per heavy atom. The molecule has 1 aliphatic heterocycles. The SMILES string of the molecule is CC1(CN)CCN(c2nc3n[nH]c(-c4cccc(Cl)c4Cl)c3c(=O)[nH]2)CC1. The number of aromatic nitrogens is 4. The van der Waals surface area contributed by atoms with Crippen molar-refractivity contribution >= 4 is 40.2 Å². The molecule has 4 N–H and O–H groups in total. The Labute approximate surface area is 165 Å². The number of benzene rings is 1. The molecule has 142 valence electrons. The number of fused-ring (bicyclic) bond motifs is 1. The average Bonchev–Trinajstić information content (AvgIpc) is 3.09. The summed E-state index contributed by atoms with van der Waals surface area (Å²) in [6.07, 6.45) is 1.91. The van der Waals surface area contributed by atoms with Gasteiger partial charge in [-0.15, -0.1) is 0 Å². The molecule has 0 atom stereocenters. The van der Waals surface area contributed by atoms with Crippen molar-refractivity contribution in [1.82, 2.24) is 20.2 Å². The first-order valence-electron chi connectivity index (χ1n) is 8.80. The molecule has 4 rings (SSSR count). The minimum atomic E-state index is -0.262. The molecule has 0 unspecified atom stereocenters. The van der Waals surface area contributed by atoms with Crippen molar-refractivity contribution < 1.29 is 0 Å². The molecule has 9 heteroatoms. The number of nitrogens with zero attached hydrogens (tertiary/aromatic N) is 3. The lowest BCUT2D eigenvalue weighted by Crippen LogP contribution is -2.43. The molecule has 2 aromatic heterocycles. The van der Waals surface area contributed by atoms with Gasteiger partial charge in [-0.2, -0.15) is 10.1 Å². The van der Waals surface area contributed by atoms with Gasteiger partial charge < -0.3 is 10.6 Å². The number of anilines is 1. The molecule has 27 heavy (non-hydrogen) atoms. The third-order valence-corrected chi connectivity index (χ3v) is 6.21. The van der Waals surface area contributed by atoms with Gasteiger partial charge in [0.15, 0.2) is 5.65 Å². The second-order valence-corrected chi connectivity index (χ2v) is 8.08. The molecule has 0 amide bonds. The number of piperidine rings is 1. The molecule has 0 saturated carbocycles. The van der Waals surface area contributed by atoms with Gasteiger partial charge in [-0.05, 0) is 30.9 Å². The monoisotopic (exact) mass is 406 g/mol. The minimum Gasteiger partial charge on any atom is -0.342 e. The van der Waals surface area contributed by atoms with Crippen LogP contribution in [0.4, 0.5) is 5.95 Å². The third kappa shape index (κ3) is 3.20. The first-order valence-corrected chi connectivity index (χ1v) is 9.55. The van der Waals surface area contributed by atoms with Gasteiger partial charge in [-0.25, -0.2) is 0 Å². The molecule has 7 nitrogen and oxygen atoms in total. The zero-order valence-corrected chi connectivity index (χ0v) is 16.4. The van der Waals surface area contributed by atoms with E-state index in [9.17, 15) is 4.79 Å². The van der Waals surface area contributed by atoms with E-state index >= 15 is 0 Å². The Bertz CT molecular complexity index is 1050. The predicted molar refractivity (Wildman–Crippen MR) is 109 cm³/mol. The molecule has 1 fully saturated rings. The van der Waals surface area contributed by atoms with E-state index in [1.54, 1.807) is 18.2 Å². The van der Waals surface area contributed by atoms with Crippen LogP contribution >= 0.6 is 23.2 Å².